The van der Waals surface area contributed by atoms with Crippen molar-refractivity contribution >= 4 is 28.7 Å². The number of pyridine rings is 1. The van der Waals surface area contributed by atoms with E-state index in [1.807, 2.05) is 72.9 Å². The van der Waals surface area contributed by atoms with Crippen molar-refractivity contribution in [2.24, 2.45) is 5.92 Å². The summed E-state index contributed by atoms with van der Waals surface area (Å²) in [6.45, 7) is 9.25. The normalized spacial score (nSPS) is 20.6. The van der Waals surface area contributed by atoms with E-state index in [2.05, 4.69) is 42.0 Å². The van der Waals surface area contributed by atoms with Gasteiger partial charge in [0.05, 0.1) is 49.1 Å². The Morgan fingerprint density at radius 3 is 2.49 bits per heavy atom. The minimum absolute atomic E-state index is 0.0557. The summed E-state index contributed by atoms with van der Waals surface area (Å²) in [5.41, 5.74) is 3.66. The Morgan fingerprint density at radius 1 is 0.961 bits per heavy atom. The number of benzene rings is 1. The molecule has 3 aliphatic rings. The lowest BCUT2D eigenvalue weighted by atomic mass is 9.68. The lowest BCUT2D eigenvalue weighted by Crippen LogP contribution is -2.57. The number of carbonyl (C=O) groups excluding carboxylic acids is 2. The number of amides is 2. The standard InChI is InChI=1S/C38H49N9O4/c1-5-50-30-10-11-32-28(22-30)14-17-46(34(48)25-43(3)4)38(32)15-12-27(13-16-38)37(49)45-20-18-44(19-21-45)35-31-23-41-47(36(31)40-26-39-35)24-29-8-7-9-33(42-29)51-6-2/h7-11,22-23,26-27H,5-6,12-21,24-25H2,1-4H3/t27-,38-. The first-order valence-corrected chi connectivity index (χ1v) is 18.3. The van der Waals surface area contributed by atoms with Crippen molar-refractivity contribution in [2.75, 3.05) is 71.5 Å². The Balaban J connectivity index is 1.01. The summed E-state index contributed by atoms with van der Waals surface area (Å²) in [6, 6.07) is 12.1. The number of rotatable bonds is 10. The molecule has 51 heavy (non-hydrogen) atoms. The monoisotopic (exact) mass is 695 g/mol. The SMILES string of the molecule is CCOc1ccc2c(c1)CCN(C(=O)CN(C)C)[C@]21CC[C@H](C(=O)N2CCN(c3ncnc4c3cnn4Cc3cccc(OCC)n3)CC2)CC1. The van der Waals surface area contributed by atoms with Crippen LogP contribution < -0.4 is 14.4 Å². The van der Waals surface area contributed by atoms with Gasteiger partial charge >= 0.3 is 0 Å². The molecule has 0 N–H and O–H groups in total. The predicted molar refractivity (Wildman–Crippen MR) is 194 cm³/mol. The molecule has 0 bridgehead atoms. The first-order chi connectivity index (χ1) is 24.8. The van der Waals surface area contributed by atoms with Gasteiger partial charge in [0.1, 0.15) is 17.9 Å². The molecule has 4 aromatic rings. The van der Waals surface area contributed by atoms with Crippen LogP contribution in [0.3, 0.4) is 0 Å². The Hall–Kier alpha value is -4.78. The van der Waals surface area contributed by atoms with Crippen molar-refractivity contribution < 1.29 is 19.1 Å². The fourth-order valence-corrected chi connectivity index (χ4v) is 8.25. The lowest BCUT2D eigenvalue weighted by molar-refractivity contribution is -0.144. The van der Waals surface area contributed by atoms with E-state index in [-0.39, 0.29) is 17.7 Å². The van der Waals surface area contributed by atoms with Crippen LogP contribution in [0.5, 0.6) is 11.6 Å². The zero-order chi connectivity index (χ0) is 35.5. The molecule has 0 unspecified atom stereocenters. The van der Waals surface area contributed by atoms with Crippen LogP contribution >= 0.6 is 0 Å². The highest BCUT2D eigenvalue weighted by Crippen LogP contribution is 2.48. The predicted octanol–water partition coefficient (Wildman–Crippen LogP) is 3.75. The Kier molecular flexibility index (Phi) is 10.1. The molecule has 1 saturated heterocycles. The first kappa shape index (κ1) is 34.7. The molecule has 2 aliphatic heterocycles. The Bertz CT molecular complexity index is 1860. The Labute approximate surface area is 299 Å². The summed E-state index contributed by atoms with van der Waals surface area (Å²) in [6.07, 6.45) is 7.28. The van der Waals surface area contributed by atoms with E-state index in [9.17, 15) is 9.59 Å². The van der Waals surface area contributed by atoms with Crippen molar-refractivity contribution in [2.45, 2.75) is 58.0 Å². The second kappa shape index (κ2) is 14.8. The second-order valence-corrected chi connectivity index (χ2v) is 14.0. The van der Waals surface area contributed by atoms with Crippen LogP contribution in [-0.4, -0.2) is 118 Å². The third kappa shape index (κ3) is 6.95. The van der Waals surface area contributed by atoms with E-state index in [1.165, 1.54) is 11.1 Å². The van der Waals surface area contributed by atoms with E-state index < -0.39 is 5.54 Å². The molecule has 1 spiro atoms. The summed E-state index contributed by atoms with van der Waals surface area (Å²) >= 11 is 0. The van der Waals surface area contributed by atoms with Crippen LogP contribution in [0.1, 0.15) is 56.4 Å². The summed E-state index contributed by atoms with van der Waals surface area (Å²) in [4.78, 5) is 49.7. The molecule has 0 radical (unpaired) electrons. The Morgan fingerprint density at radius 2 is 1.75 bits per heavy atom. The highest BCUT2D eigenvalue weighted by atomic mass is 16.5. The first-order valence-electron chi connectivity index (χ1n) is 18.3. The number of ether oxygens (including phenoxy) is 2. The topological polar surface area (TPSA) is 122 Å². The van der Waals surface area contributed by atoms with Crippen molar-refractivity contribution in [3.63, 3.8) is 0 Å². The highest BCUT2D eigenvalue weighted by molar-refractivity contribution is 5.87. The smallest absolute Gasteiger partial charge is 0.237 e. The third-order valence-corrected chi connectivity index (χ3v) is 10.6. The second-order valence-electron chi connectivity index (χ2n) is 14.0. The summed E-state index contributed by atoms with van der Waals surface area (Å²) < 4.78 is 13.2. The van der Waals surface area contributed by atoms with Crippen LogP contribution in [0.2, 0.25) is 0 Å². The number of piperazine rings is 1. The molecule has 1 saturated carbocycles. The number of likely N-dealkylation sites (N-methyl/N-ethyl adjacent to an activating group) is 1. The van der Waals surface area contributed by atoms with E-state index in [0.717, 1.165) is 60.4 Å². The van der Waals surface area contributed by atoms with Gasteiger partial charge in [0.25, 0.3) is 0 Å². The number of anilines is 1. The molecular weight excluding hydrogens is 646 g/mol. The molecule has 2 fully saturated rings. The molecule has 13 heteroatoms. The summed E-state index contributed by atoms with van der Waals surface area (Å²) in [5.74, 6) is 2.62. The van der Waals surface area contributed by atoms with E-state index >= 15 is 0 Å². The number of aromatic nitrogens is 5. The van der Waals surface area contributed by atoms with Gasteiger partial charge in [-0.3, -0.25) is 9.59 Å². The van der Waals surface area contributed by atoms with E-state index in [0.29, 0.717) is 64.9 Å². The van der Waals surface area contributed by atoms with Gasteiger partial charge in [-0.25, -0.2) is 19.6 Å². The van der Waals surface area contributed by atoms with Crippen LogP contribution in [0.25, 0.3) is 11.0 Å². The third-order valence-electron chi connectivity index (χ3n) is 10.6. The van der Waals surface area contributed by atoms with Crippen LogP contribution in [-0.2, 0) is 28.1 Å². The zero-order valence-electron chi connectivity index (χ0n) is 30.3. The van der Waals surface area contributed by atoms with E-state index in [1.54, 1.807) is 6.33 Å². The molecular formula is C38H49N9O4. The van der Waals surface area contributed by atoms with Gasteiger partial charge in [0.2, 0.25) is 17.7 Å². The summed E-state index contributed by atoms with van der Waals surface area (Å²) in [5, 5.41) is 5.51. The molecule has 7 rings (SSSR count). The molecule has 270 valence electrons. The number of nitrogens with zero attached hydrogens (tertiary/aromatic N) is 9. The van der Waals surface area contributed by atoms with Crippen LogP contribution in [0.15, 0.2) is 48.9 Å². The van der Waals surface area contributed by atoms with Gasteiger partial charge in [0.15, 0.2) is 5.65 Å². The van der Waals surface area contributed by atoms with Gasteiger partial charge in [-0.1, -0.05) is 12.1 Å². The minimum Gasteiger partial charge on any atom is -0.494 e. The lowest BCUT2D eigenvalue weighted by Gasteiger charge is -2.52. The molecule has 13 nitrogen and oxygen atoms in total. The van der Waals surface area contributed by atoms with Gasteiger partial charge in [0, 0.05) is 44.7 Å². The maximum atomic E-state index is 14.0. The average Bonchev–Trinajstić information content (AvgIpc) is 3.54. The number of fused-ring (bicyclic) bond motifs is 3. The van der Waals surface area contributed by atoms with E-state index in [4.69, 9.17) is 9.47 Å². The van der Waals surface area contributed by atoms with Crippen molar-refractivity contribution in [3.8, 4) is 11.6 Å². The zero-order valence-corrected chi connectivity index (χ0v) is 30.3. The fourth-order valence-electron chi connectivity index (χ4n) is 8.25. The van der Waals surface area contributed by atoms with Crippen molar-refractivity contribution in [1.29, 1.82) is 0 Å². The van der Waals surface area contributed by atoms with Gasteiger partial charge in [-0.2, -0.15) is 5.10 Å². The number of carbonyl (C=O) groups is 2. The average molecular weight is 696 g/mol. The van der Waals surface area contributed by atoms with Crippen LogP contribution in [0, 0.1) is 5.92 Å². The van der Waals surface area contributed by atoms with Gasteiger partial charge in [-0.05, 0) is 89.4 Å². The quantitative estimate of drug-likeness (QED) is 0.243. The largest absolute Gasteiger partial charge is 0.494 e. The van der Waals surface area contributed by atoms with Crippen LogP contribution in [0.4, 0.5) is 5.82 Å². The van der Waals surface area contributed by atoms with Crippen molar-refractivity contribution in [3.05, 3.63) is 65.7 Å². The maximum Gasteiger partial charge on any atom is 0.237 e. The van der Waals surface area contributed by atoms with Crippen molar-refractivity contribution in [1.82, 2.24) is 39.4 Å². The summed E-state index contributed by atoms with van der Waals surface area (Å²) in [7, 11) is 3.88. The molecule has 1 aromatic carbocycles. The maximum absolute atomic E-state index is 14.0. The van der Waals surface area contributed by atoms with Gasteiger partial charge in [-0.15, -0.1) is 0 Å². The molecule has 5 heterocycles. The molecule has 1 aliphatic carbocycles. The number of hydrogen-bond donors (Lipinski definition) is 0. The molecule has 3 aromatic heterocycles. The van der Waals surface area contributed by atoms with Gasteiger partial charge < -0.3 is 29.1 Å². The molecule has 0 atom stereocenters. The minimum atomic E-state index is -0.397. The number of hydrogen-bond acceptors (Lipinski definition) is 10. The highest BCUT2D eigenvalue weighted by Gasteiger charge is 2.48. The fraction of sp³-hybridized carbons (Fsp3) is 0.526. The molecule has 2 amide bonds.